The van der Waals surface area contributed by atoms with Gasteiger partial charge in [0.05, 0.1) is 11.7 Å². The first kappa shape index (κ1) is 14.1. The van der Waals surface area contributed by atoms with E-state index in [-0.39, 0.29) is 6.04 Å². The summed E-state index contributed by atoms with van der Waals surface area (Å²) in [5.41, 5.74) is 3.80. The zero-order valence-corrected chi connectivity index (χ0v) is 12.7. The highest BCUT2D eigenvalue weighted by molar-refractivity contribution is 9.11. The molecule has 0 radical (unpaired) electrons. The third-order valence-corrected chi connectivity index (χ3v) is 3.77. The van der Waals surface area contributed by atoms with Crippen molar-refractivity contribution in [3.63, 3.8) is 0 Å². The van der Waals surface area contributed by atoms with Crippen LogP contribution in [0.15, 0.2) is 21.2 Å². The van der Waals surface area contributed by atoms with E-state index in [1.807, 2.05) is 6.07 Å². The van der Waals surface area contributed by atoms with Crippen LogP contribution in [0.2, 0.25) is 0 Å². The summed E-state index contributed by atoms with van der Waals surface area (Å²) in [4.78, 5) is 4.40. The molecule has 0 aromatic carbocycles. The number of halogens is 2. The van der Waals surface area contributed by atoms with Crippen LogP contribution in [0.4, 0.5) is 0 Å². The fraction of sp³-hybridized carbons (Fsp3) is 0.545. The predicted molar refractivity (Wildman–Crippen MR) is 73.8 cm³/mol. The smallest absolute Gasteiger partial charge is 0.0729 e. The van der Waals surface area contributed by atoms with E-state index >= 15 is 0 Å². The van der Waals surface area contributed by atoms with Crippen molar-refractivity contribution in [1.82, 2.24) is 10.4 Å². The molecule has 0 spiro atoms. The summed E-state index contributed by atoms with van der Waals surface area (Å²) in [5.74, 6) is 6.22. The third-order valence-electron chi connectivity index (χ3n) is 2.70. The quantitative estimate of drug-likeness (QED) is 0.630. The number of nitrogens with two attached hydrogens (primary N) is 1. The van der Waals surface area contributed by atoms with Gasteiger partial charge in [-0.15, -0.1) is 0 Å². The van der Waals surface area contributed by atoms with Crippen molar-refractivity contribution in [2.45, 2.75) is 32.7 Å². The van der Waals surface area contributed by atoms with Gasteiger partial charge in [-0.1, -0.05) is 20.3 Å². The number of pyridine rings is 1. The molecule has 1 rings (SSSR count). The molecular formula is C11H17Br2N3. The highest BCUT2D eigenvalue weighted by Crippen LogP contribution is 2.28. The number of nitrogens with zero attached hydrogens (tertiary/aromatic N) is 1. The Labute approximate surface area is 113 Å². The Hall–Kier alpha value is 0.0300. The first-order chi connectivity index (χ1) is 7.58. The minimum Gasteiger partial charge on any atom is -0.271 e. The lowest BCUT2D eigenvalue weighted by Crippen LogP contribution is -2.30. The van der Waals surface area contributed by atoms with Crippen LogP contribution in [-0.2, 0) is 0 Å². The van der Waals surface area contributed by atoms with Crippen molar-refractivity contribution >= 4 is 31.9 Å². The number of hydrogen-bond acceptors (Lipinski definition) is 3. The van der Waals surface area contributed by atoms with Gasteiger partial charge in [0, 0.05) is 15.1 Å². The Morgan fingerprint density at radius 3 is 2.69 bits per heavy atom. The molecule has 90 valence electrons. The maximum Gasteiger partial charge on any atom is 0.0729 e. The second-order valence-electron chi connectivity index (χ2n) is 3.99. The second kappa shape index (κ2) is 6.69. The Morgan fingerprint density at radius 1 is 1.50 bits per heavy atom. The molecule has 1 aromatic heterocycles. The van der Waals surface area contributed by atoms with Gasteiger partial charge in [-0.3, -0.25) is 16.3 Å². The number of hydrazine groups is 1. The Kier molecular flexibility index (Phi) is 5.89. The van der Waals surface area contributed by atoms with E-state index in [1.165, 1.54) is 0 Å². The molecule has 16 heavy (non-hydrogen) atoms. The standard InChI is InChI=1S/C11H17Br2N3/c1-3-7(2)4-10(16-14)11-9(13)5-8(12)6-15-11/h5-7,10,16H,3-4,14H2,1-2H3. The SMILES string of the molecule is CCC(C)CC(NN)c1ncc(Br)cc1Br. The average Bonchev–Trinajstić information content (AvgIpc) is 2.26. The van der Waals surface area contributed by atoms with E-state index in [1.54, 1.807) is 6.20 Å². The Morgan fingerprint density at radius 2 is 2.19 bits per heavy atom. The zero-order valence-electron chi connectivity index (χ0n) is 9.50. The van der Waals surface area contributed by atoms with Crippen molar-refractivity contribution in [2.24, 2.45) is 11.8 Å². The normalized spacial score (nSPS) is 14.8. The lowest BCUT2D eigenvalue weighted by molar-refractivity contribution is 0.400. The maximum atomic E-state index is 5.59. The molecule has 0 saturated heterocycles. The van der Waals surface area contributed by atoms with Gasteiger partial charge in [0.25, 0.3) is 0 Å². The van der Waals surface area contributed by atoms with Crippen LogP contribution in [0, 0.1) is 5.92 Å². The van der Waals surface area contributed by atoms with Crippen molar-refractivity contribution in [2.75, 3.05) is 0 Å². The first-order valence-electron chi connectivity index (χ1n) is 5.35. The van der Waals surface area contributed by atoms with E-state index < -0.39 is 0 Å². The molecule has 0 aliphatic heterocycles. The van der Waals surface area contributed by atoms with Crippen molar-refractivity contribution in [3.8, 4) is 0 Å². The molecule has 3 nitrogen and oxygen atoms in total. The van der Waals surface area contributed by atoms with E-state index in [0.717, 1.165) is 27.5 Å². The highest BCUT2D eigenvalue weighted by Gasteiger charge is 2.17. The molecule has 2 unspecified atom stereocenters. The van der Waals surface area contributed by atoms with Gasteiger partial charge in [-0.25, -0.2) is 0 Å². The molecule has 1 heterocycles. The van der Waals surface area contributed by atoms with Gasteiger partial charge >= 0.3 is 0 Å². The van der Waals surface area contributed by atoms with Gasteiger partial charge in [0.1, 0.15) is 0 Å². The van der Waals surface area contributed by atoms with Crippen LogP contribution in [0.3, 0.4) is 0 Å². The maximum absolute atomic E-state index is 5.59. The highest BCUT2D eigenvalue weighted by atomic mass is 79.9. The summed E-state index contributed by atoms with van der Waals surface area (Å²) < 4.78 is 1.94. The molecule has 3 N–H and O–H groups in total. The van der Waals surface area contributed by atoms with Crippen LogP contribution in [0.5, 0.6) is 0 Å². The Bertz CT molecular complexity index is 344. The molecule has 1 aromatic rings. The van der Waals surface area contributed by atoms with E-state index in [4.69, 9.17) is 5.84 Å². The monoisotopic (exact) mass is 349 g/mol. The summed E-state index contributed by atoms with van der Waals surface area (Å²) in [6, 6.07) is 2.08. The zero-order chi connectivity index (χ0) is 12.1. The summed E-state index contributed by atoms with van der Waals surface area (Å²) in [6.45, 7) is 4.40. The molecule has 0 aliphatic carbocycles. The van der Waals surface area contributed by atoms with Crippen LogP contribution in [-0.4, -0.2) is 4.98 Å². The molecule has 0 amide bonds. The van der Waals surface area contributed by atoms with Gasteiger partial charge < -0.3 is 0 Å². The Balaban J connectivity index is 2.86. The molecule has 2 atom stereocenters. The largest absolute Gasteiger partial charge is 0.271 e. The van der Waals surface area contributed by atoms with E-state index in [2.05, 4.69) is 56.1 Å². The number of nitrogens with one attached hydrogen (secondary N) is 1. The fourth-order valence-corrected chi connectivity index (χ4v) is 2.77. The van der Waals surface area contributed by atoms with Gasteiger partial charge in [0.2, 0.25) is 0 Å². The predicted octanol–water partition coefficient (Wildman–Crippen LogP) is 3.55. The van der Waals surface area contributed by atoms with Gasteiger partial charge in [-0.05, 0) is 50.3 Å². The van der Waals surface area contributed by atoms with Crippen molar-refractivity contribution < 1.29 is 0 Å². The van der Waals surface area contributed by atoms with E-state index in [9.17, 15) is 0 Å². The first-order valence-corrected chi connectivity index (χ1v) is 6.94. The number of rotatable bonds is 5. The minimum atomic E-state index is 0.0948. The van der Waals surface area contributed by atoms with Gasteiger partial charge in [-0.2, -0.15) is 0 Å². The van der Waals surface area contributed by atoms with Crippen LogP contribution in [0.25, 0.3) is 0 Å². The van der Waals surface area contributed by atoms with Crippen LogP contribution < -0.4 is 11.3 Å². The summed E-state index contributed by atoms with van der Waals surface area (Å²) in [6.07, 6.45) is 3.92. The average molecular weight is 351 g/mol. The number of hydrogen-bond donors (Lipinski definition) is 2. The lowest BCUT2D eigenvalue weighted by atomic mass is 9.97. The summed E-state index contributed by atoms with van der Waals surface area (Å²) in [5, 5.41) is 0. The van der Waals surface area contributed by atoms with Crippen LogP contribution in [0.1, 0.15) is 38.4 Å². The number of aromatic nitrogens is 1. The molecule has 5 heteroatoms. The molecule has 0 aliphatic rings. The van der Waals surface area contributed by atoms with Gasteiger partial charge in [0.15, 0.2) is 0 Å². The van der Waals surface area contributed by atoms with Crippen LogP contribution >= 0.6 is 31.9 Å². The third kappa shape index (κ3) is 3.80. The van der Waals surface area contributed by atoms with Crippen molar-refractivity contribution in [3.05, 3.63) is 26.9 Å². The fourth-order valence-electron chi connectivity index (χ4n) is 1.51. The second-order valence-corrected chi connectivity index (χ2v) is 5.76. The van der Waals surface area contributed by atoms with Crippen molar-refractivity contribution in [1.29, 1.82) is 0 Å². The topological polar surface area (TPSA) is 50.9 Å². The lowest BCUT2D eigenvalue weighted by Gasteiger charge is -2.20. The van der Waals surface area contributed by atoms with E-state index in [0.29, 0.717) is 5.92 Å². The molecule has 0 fully saturated rings. The molecule has 0 bridgehead atoms. The molecular weight excluding hydrogens is 334 g/mol. The summed E-state index contributed by atoms with van der Waals surface area (Å²) in [7, 11) is 0. The molecule has 0 saturated carbocycles. The minimum absolute atomic E-state index is 0.0948. The summed E-state index contributed by atoms with van der Waals surface area (Å²) >= 11 is 6.90.